The topological polar surface area (TPSA) is 56.8 Å². The number of hydrogen-bond acceptors (Lipinski definition) is 3. The van der Waals surface area contributed by atoms with Gasteiger partial charge < -0.3 is 4.74 Å². The van der Waals surface area contributed by atoms with Gasteiger partial charge >= 0.3 is 0 Å². The predicted molar refractivity (Wildman–Crippen MR) is 51.8 cm³/mol. The maximum atomic E-state index is 8.86. The van der Waals surface area contributed by atoms with E-state index >= 15 is 0 Å². The summed E-state index contributed by atoms with van der Waals surface area (Å²) >= 11 is 0. The predicted octanol–water partition coefficient (Wildman–Crippen LogP) is 1.94. The molecule has 1 aromatic rings. The number of benzene rings is 1. The third-order valence-corrected chi connectivity index (χ3v) is 1.97. The van der Waals surface area contributed by atoms with Gasteiger partial charge in [0.15, 0.2) is 0 Å². The number of hydrogen-bond donors (Lipinski definition) is 0. The normalized spacial score (nSPS) is 8.86. The zero-order valence-corrected chi connectivity index (χ0v) is 8.16. The Kier molecular flexibility index (Phi) is 3.09. The minimum Gasteiger partial charge on any atom is -0.495 e. The summed E-state index contributed by atoms with van der Waals surface area (Å²) in [6, 6.07) is 7.71. The first-order valence-electron chi connectivity index (χ1n) is 4.17. The molecule has 0 bridgehead atoms. The summed E-state index contributed by atoms with van der Waals surface area (Å²) in [5.41, 5.74) is 2.26. The van der Waals surface area contributed by atoms with Crippen LogP contribution in [0.25, 0.3) is 0 Å². The number of ether oxygens (including phenoxy) is 1. The van der Waals surface area contributed by atoms with Crippen LogP contribution < -0.4 is 4.74 Å². The fourth-order valence-electron chi connectivity index (χ4n) is 1.32. The molecule has 0 aliphatic heterocycles. The molecule has 0 heterocycles. The molecule has 0 aliphatic carbocycles. The quantitative estimate of drug-likeness (QED) is 0.709. The molecule has 0 atom stereocenters. The van der Waals surface area contributed by atoms with Crippen LogP contribution in [-0.2, 0) is 6.42 Å². The van der Waals surface area contributed by atoms with Gasteiger partial charge in [-0.05, 0) is 24.1 Å². The molecule has 3 heteroatoms. The smallest absolute Gasteiger partial charge is 0.137 e. The molecule has 0 saturated heterocycles. The van der Waals surface area contributed by atoms with E-state index < -0.39 is 0 Å². The lowest BCUT2D eigenvalue weighted by Crippen LogP contribution is -1.94. The summed E-state index contributed by atoms with van der Waals surface area (Å²) in [6.07, 6.45) is 0.336. The van der Waals surface area contributed by atoms with Crippen LogP contribution in [0, 0.1) is 29.6 Å². The molecule has 0 N–H and O–H groups in total. The van der Waals surface area contributed by atoms with Gasteiger partial charge in [-0.2, -0.15) is 10.5 Å². The maximum Gasteiger partial charge on any atom is 0.137 e. The number of aryl methyl sites for hydroxylation is 1. The van der Waals surface area contributed by atoms with Crippen molar-refractivity contribution < 1.29 is 4.74 Å². The lowest BCUT2D eigenvalue weighted by Gasteiger charge is -2.07. The van der Waals surface area contributed by atoms with E-state index in [-0.39, 0.29) is 0 Å². The van der Waals surface area contributed by atoms with E-state index in [4.69, 9.17) is 15.3 Å². The molecular weight excluding hydrogens is 176 g/mol. The number of nitrogens with zero attached hydrogens (tertiary/aromatic N) is 2. The van der Waals surface area contributed by atoms with Gasteiger partial charge in [-0.15, -0.1) is 0 Å². The van der Waals surface area contributed by atoms with Gasteiger partial charge in [0.05, 0.1) is 25.2 Å². The van der Waals surface area contributed by atoms with Crippen LogP contribution in [0.4, 0.5) is 0 Å². The van der Waals surface area contributed by atoms with Crippen molar-refractivity contribution in [3.05, 3.63) is 28.8 Å². The summed E-state index contributed by atoms with van der Waals surface area (Å²) < 4.78 is 5.07. The van der Waals surface area contributed by atoms with E-state index in [9.17, 15) is 0 Å². The minimum absolute atomic E-state index is 0.336. The molecule has 0 unspecified atom stereocenters. The summed E-state index contributed by atoms with van der Waals surface area (Å²) in [4.78, 5) is 0. The molecule has 1 rings (SSSR count). The maximum absolute atomic E-state index is 8.86. The molecule has 0 radical (unpaired) electrons. The Labute approximate surface area is 83.2 Å². The van der Waals surface area contributed by atoms with Crippen molar-refractivity contribution in [1.82, 2.24) is 0 Å². The Bertz CT molecular complexity index is 424. The average Bonchev–Trinajstić information content (AvgIpc) is 2.17. The Morgan fingerprint density at radius 3 is 2.57 bits per heavy atom. The van der Waals surface area contributed by atoms with Crippen LogP contribution >= 0.6 is 0 Å². The van der Waals surface area contributed by atoms with E-state index in [1.54, 1.807) is 6.07 Å². The van der Waals surface area contributed by atoms with E-state index in [1.165, 1.54) is 7.11 Å². The third kappa shape index (κ3) is 1.84. The number of nitriles is 2. The molecular formula is C11H10N2O. The van der Waals surface area contributed by atoms with Crippen LogP contribution in [0.2, 0.25) is 0 Å². The first kappa shape index (κ1) is 10.1. The van der Waals surface area contributed by atoms with Gasteiger partial charge in [0, 0.05) is 0 Å². The zero-order chi connectivity index (χ0) is 10.6. The highest BCUT2D eigenvalue weighted by Gasteiger charge is 2.07. The Balaban J connectivity index is 3.27. The Morgan fingerprint density at radius 2 is 2.07 bits per heavy atom. The van der Waals surface area contributed by atoms with Crippen LogP contribution in [0.15, 0.2) is 12.1 Å². The SMILES string of the molecule is COc1cc(CC#N)cc(C)c1C#N. The van der Waals surface area contributed by atoms with Crippen molar-refractivity contribution in [3.63, 3.8) is 0 Å². The highest BCUT2D eigenvalue weighted by atomic mass is 16.5. The fourth-order valence-corrected chi connectivity index (χ4v) is 1.32. The standard InChI is InChI=1S/C11H10N2O/c1-8-5-9(3-4-12)6-11(14-2)10(8)7-13/h5-6H,3H2,1-2H3. The molecule has 0 saturated carbocycles. The van der Waals surface area contributed by atoms with Gasteiger partial charge in [0.1, 0.15) is 11.8 Å². The Hall–Kier alpha value is -2.00. The lowest BCUT2D eigenvalue weighted by atomic mass is 10.0. The third-order valence-electron chi connectivity index (χ3n) is 1.97. The van der Waals surface area contributed by atoms with E-state index in [0.29, 0.717) is 17.7 Å². The first-order valence-corrected chi connectivity index (χ1v) is 4.17. The molecule has 3 nitrogen and oxygen atoms in total. The lowest BCUT2D eigenvalue weighted by molar-refractivity contribution is 0.412. The van der Waals surface area contributed by atoms with Crippen molar-refractivity contribution >= 4 is 0 Å². The second-order valence-electron chi connectivity index (χ2n) is 2.94. The van der Waals surface area contributed by atoms with E-state index in [2.05, 4.69) is 12.1 Å². The summed E-state index contributed by atoms with van der Waals surface area (Å²) in [6.45, 7) is 1.84. The van der Waals surface area contributed by atoms with Crippen molar-refractivity contribution in [2.45, 2.75) is 13.3 Å². The van der Waals surface area contributed by atoms with Crippen molar-refractivity contribution in [2.24, 2.45) is 0 Å². The number of rotatable bonds is 2. The molecule has 0 spiro atoms. The molecule has 0 fully saturated rings. The number of methoxy groups -OCH3 is 1. The molecule has 0 aliphatic rings. The average molecular weight is 186 g/mol. The van der Waals surface area contributed by atoms with Crippen LogP contribution in [-0.4, -0.2) is 7.11 Å². The molecule has 0 amide bonds. The van der Waals surface area contributed by atoms with E-state index in [0.717, 1.165) is 11.1 Å². The van der Waals surface area contributed by atoms with Gasteiger partial charge in [-0.1, -0.05) is 6.07 Å². The van der Waals surface area contributed by atoms with Gasteiger partial charge in [0.2, 0.25) is 0 Å². The molecule has 0 aromatic heterocycles. The van der Waals surface area contributed by atoms with Crippen molar-refractivity contribution in [2.75, 3.05) is 7.11 Å². The fraction of sp³-hybridized carbons (Fsp3) is 0.273. The van der Waals surface area contributed by atoms with E-state index in [1.807, 2.05) is 13.0 Å². The van der Waals surface area contributed by atoms with Gasteiger partial charge in [0.25, 0.3) is 0 Å². The highest BCUT2D eigenvalue weighted by Crippen LogP contribution is 2.23. The summed E-state index contributed by atoms with van der Waals surface area (Å²) in [7, 11) is 1.52. The van der Waals surface area contributed by atoms with Crippen LogP contribution in [0.1, 0.15) is 16.7 Å². The van der Waals surface area contributed by atoms with Crippen molar-refractivity contribution in [1.29, 1.82) is 10.5 Å². The largest absolute Gasteiger partial charge is 0.495 e. The molecule has 70 valence electrons. The monoisotopic (exact) mass is 186 g/mol. The molecule has 1 aromatic carbocycles. The summed E-state index contributed by atoms with van der Waals surface area (Å²) in [5.74, 6) is 0.540. The summed E-state index contributed by atoms with van der Waals surface area (Å²) in [5, 5.41) is 17.4. The van der Waals surface area contributed by atoms with Gasteiger partial charge in [-0.25, -0.2) is 0 Å². The minimum atomic E-state index is 0.336. The molecule has 14 heavy (non-hydrogen) atoms. The van der Waals surface area contributed by atoms with Crippen LogP contribution in [0.3, 0.4) is 0 Å². The second kappa shape index (κ2) is 4.30. The first-order chi connectivity index (χ1) is 6.72. The van der Waals surface area contributed by atoms with Crippen LogP contribution in [0.5, 0.6) is 5.75 Å². The zero-order valence-electron chi connectivity index (χ0n) is 8.16. The Morgan fingerprint density at radius 1 is 1.36 bits per heavy atom. The second-order valence-corrected chi connectivity index (χ2v) is 2.94. The van der Waals surface area contributed by atoms with Crippen molar-refractivity contribution in [3.8, 4) is 17.9 Å². The van der Waals surface area contributed by atoms with Gasteiger partial charge in [-0.3, -0.25) is 0 Å². The highest BCUT2D eigenvalue weighted by molar-refractivity contribution is 5.51.